The van der Waals surface area contributed by atoms with E-state index in [9.17, 15) is 5.11 Å². The van der Waals surface area contributed by atoms with Crippen molar-refractivity contribution in [1.82, 2.24) is 15.1 Å². The quantitative estimate of drug-likeness (QED) is 0.678. The Balaban J connectivity index is 2.32. The third kappa shape index (κ3) is 4.21. The van der Waals surface area contributed by atoms with E-state index in [1.165, 1.54) is 12.8 Å². The molecule has 0 bridgehead atoms. The maximum absolute atomic E-state index is 9.48. The van der Waals surface area contributed by atoms with Gasteiger partial charge in [0.05, 0.1) is 6.61 Å². The molecule has 0 radical (unpaired) electrons. The minimum absolute atomic E-state index is 0.0273. The number of aliphatic hydroxyl groups is 1. The number of likely N-dealkylation sites (N-methyl/N-ethyl adjacent to an activating group) is 1. The Morgan fingerprint density at radius 2 is 2.00 bits per heavy atom. The minimum Gasteiger partial charge on any atom is -0.394 e. The molecule has 1 aliphatic carbocycles. The van der Waals surface area contributed by atoms with E-state index >= 15 is 0 Å². The van der Waals surface area contributed by atoms with Gasteiger partial charge < -0.3 is 20.2 Å². The van der Waals surface area contributed by atoms with Gasteiger partial charge in [-0.15, -0.1) is 0 Å². The van der Waals surface area contributed by atoms with E-state index in [4.69, 9.17) is 0 Å². The lowest BCUT2D eigenvalue weighted by Gasteiger charge is -2.29. The number of hydrogen-bond donors (Lipinski definition) is 2. The molecule has 0 aromatic heterocycles. The number of nitrogens with zero attached hydrogens (tertiary/aromatic N) is 2. The molecule has 17 heavy (non-hydrogen) atoms. The van der Waals surface area contributed by atoms with Gasteiger partial charge in [0.15, 0.2) is 0 Å². The molecular weight excluding hydrogens is 214 g/mol. The van der Waals surface area contributed by atoms with Crippen LogP contribution in [-0.4, -0.2) is 74.4 Å². The average molecular weight is 243 g/mol. The molecule has 4 heteroatoms. The van der Waals surface area contributed by atoms with Crippen LogP contribution in [0.4, 0.5) is 0 Å². The number of nitrogens with one attached hydrogen (secondary N) is 1. The molecule has 0 aromatic carbocycles. The van der Waals surface area contributed by atoms with Crippen LogP contribution in [0.3, 0.4) is 0 Å². The van der Waals surface area contributed by atoms with Gasteiger partial charge in [-0.2, -0.15) is 0 Å². The van der Waals surface area contributed by atoms with E-state index in [0.29, 0.717) is 6.04 Å². The smallest absolute Gasteiger partial charge is 0.0613 e. The van der Waals surface area contributed by atoms with Gasteiger partial charge in [0.25, 0.3) is 0 Å². The fourth-order valence-electron chi connectivity index (χ4n) is 2.74. The van der Waals surface area contributed by atoms with Gasteiger partial charge in [-0.3, -0.25) is 0 Å². The second kappa shape index (κ2) is 6.69. The van der Waals surface area contributed by atoms with Crippen LogP contribution in [0.5, 0.6) is 0 Å². The Hall–Kier alpha value is -0.160. The molecule has 1 rings (SSSR count). The van der Waals surface area contributed by atoms with Crippen molar-refractivity contribution in [3.8, 4) is 0 Å². The Bertz CT molecular complexity index is 217. The maximum atomic E-state index is 9.48. The summed E-state index contributed by atoms with van der Waals surface area (Å²) in [7, 11) is 8.41. The minimum atomic E-state index is -0.0273. The van der Waals surface area contributed by atoms with Gasteiger partial charge in [-0.05, 0) is 67.0 Å². The van der Waals surface area contributed by atoms with Crippen LogP contribution < -0.4 is 5.32 Å². The van der Waals surface area contributed by atoms with Gasteiger partial charge in [0.2, 0.25) is 0 Å². The monoisotopic (exact) mass is 243 g/mol. The number of aliphatic hydroxyl groups excluding tert-OH is 1. The van der Waals surface area contributed by atoms with Crippen molar-refractivity contribution in [1.29, 1.82) is 0 Å². The number of rotatable bonds is 7. The van der Waals surface area contributed by atoms with Crippen molar-refractivity contribution in [2.24, 2.45) is 0 Å². The molecule has 1 aliphatic rings. The van der Waals surface area contributed by atoms with Gasteiger partial charge >= 0.3 is 0 Å². The Morgan fingerprint density at radius 3 is 2.47 bits per heavy atom. The molecule has 0 heterocycles. The first-order valence-electron chi connectivity index (χ1n) is 6.68. The van der Waals surface area contributed by atoms with Gasteiger partial charge in [-0.25, -0.2) is 0 Å². The van der Waals surface area contributed by atoms with Crippen LogP contribution in [-0.2, 0) is 0 Å². The molecule has 0 saturated heterocycles. The predicted octanol–water partition coefficient (Wildman–Crippen LogP) is 0.373. The van der Waals surface area contributed by atoms with Crippen LogP contribution in [0.2, 0.25) is 0 Å². The fourth-order valence-corrected chi connectivity index (χ4v) is 2.74. The molecule has 0 amide bonds. The fraction of sp³-hybridized carbons (Fsp3) is 1.00. The molecule has 4 nitrogen and oxygen atoms in total. The van der Waals surface area contributed by atoms with E-state index in [0.717, 1.165) is 25.9 Å². The summed E-state index contributed by atoms with van der Waals surface area (Å²) < 4.78 is 0. The summed E-state index contributed by atoms with van der Waals surface area (Å²) in [6.07, 6.45) is 4.56. The zero-order valence-electron chi connectivity index (χ0n) is 11.9. The van der Waals surface area contributed by atoms with Gasteiger partial charge in [-0.1, -0.05) is 0 Å². The SMILES string of the molecule is CNC1(CO)CCC(N(C)CCCN(C)C)C1. The highest BCUT2D eigenvalue weighted by Crippen LogP contribution is 2.32. The zero-order valence-corrected chi connectivity index (χ0v) is 11.9. The molecule has 2 N–H and O–H groups in total. The van der Waals surface area contributed by atoms with E-state index in [1.807, 2.05) is 7.05 Å². The van der Waals surface area contributed by atoms with Crippen LogP contribution in [0.25, 0.3) is 0 Å². The van der Waals surface area contributed by atoms with Crippen molar-refractivity contribution in [3.05, 3.63) is 0 Å². The van der Waals surface area contributed by atoms with Crippen LogP contribution >= 0.6 is 0 Å². The summed E-state index contributed by atoms with van der Waals surface area (Å²) in [5.41, 5.74) is -0.0273. The summed E-state index contributed by atoms with van der Waals surface area (Å²) >= 11 is 0. The third-order valence-electron chi connectivity index (χ3n) is 4.15. The Labute approximate surface area is 106 Å². The van der Waals surface area contributed by atoms with Crippen LogP contribution in [0.15, 0.2) is 0 Å². The van der Waals surface area contributed by atoms with Crippen molar-refractivity contribution in [2.45, 2.75) is 37.3 Å². The summed E-state index contributed by atoms with van der Waals surface area (Å²) in [5, 5.41) is 12.8. The maximum Gasteiger partial charge on any atom is 0.0613 e. The molecule has 0 aliphatic heterocycles. The summed E-state index contributed by atoms with van der Waals surface area (Å²) in [5.74, 6) is 0. The normalized spacial score (nSPS) is 29.5. The standard InChI is InChI=1S/C13H29N3O/c1-14-13(11-17)7-6-12(10-13)16(4)9-5-8-15(2)3/h12,14,17H,5-11H2,1-4H3. The predicted molar refractivity (Wildman–Crippen MR) is 72.3 cm³/mol. The van der Waals surface area contributed by atoms with Crippen molar-refractivity contribution >= 4 is 0 Å². The largest absolute Gasteiger partial charge is 0.394 e. The number of hydrogen-bond acceptors (Lipinski definition) is 4. The van der Waals surface area contributed by atoms with Gasteiger partial charge in [0.1, 0.15) is 0 Å². The van der Waals surface area contributed by atoms with E-state index in [-0.39, 0.29) is 12.1 Å². The van der Waals surface area contributed by atoms with Crippen molar-refractivity contribution in [2.75, 3.05) is 47.9 Å². The van der Waals surface area contributed by atoms with Crippen molar-refractivity contribution < 1.29 is 5.11 Å². The molecule has 1 fully saturated rings. The lowest BCUT2D eigenvalue weighted by molar-refractivity contribution is 0.156. The van der Waals surface area contributed by atoms with E-state index in [1.54, 1.807) is 0 Å². The topological polar surface area (TPSA) is 38.7 Å². The first-order chi connectivity index (χ1) is 8.03. The highest BCUT2D eigenvalue weighted by molar-refractivity contribution is 4.98. The zero-order chi connectivity index (χ0) is 12.9. The van der Waals surface area contributed by atoms with Crippen LogP contribution in [0.1, 0.15) is 25.7 Å². The first-order valence-corrected chi connectivity index (χ1v) is 6.68. The average Bonchev–Trinajstić information content (AvgIpc) is 2.73. The van der Waals surface area contributed by atoms with Crippen molar-refractivity contribution in [3.63, 3.8) is 0 Å². The molecule has 2 atom stereocenters. The first kappa shape index (κ1) is 14.9. The Kier molecular flexibility index (Phi) is 5.86. The lowest BCUT2D eigenvalue weighted by Crippen LogP contribution is -2.45. The second-order valence-corrected chi connectivity index (χ2v) is 5.72. The highest BCUT2D eigenvalue weighted by Gasteiger charge is 2.38. The lowest BCUT2D eigenvalue weighted by atomic mass is 9.99. The van der Waals surface area contributed by atoms with E-state index in [2.05, 4.69) is 36.3 Å². The Morgan fingerprint density at radius 1 is 1.29 bits per heavy atom. The summed E-state index contributed by atoms with van der Waals surface area (Å²) in [6.45, 7) is 2.55. The molecule has 1 saturated carbocycles. The molecule has 0 spiro atoms. The molecular formula is C13H29N3O. The third-order valence-corrected chi connectivity index (χ3v) is 4.15. The summed E-state index contributed by atoms with van der Waals surface area (Å²) in [6, 6.07) is 0.622. The second-order valence-electron chi connectivity index (χ2n) is 5.72. The highest BCUT2D eigenvalue weighted by atomic mass is 16.3. The van der Waals surface area contributed by atoms with Gasteiger partial charge in [0, 0.05) is 11.6 Å². The molecule has 0 aromatic rings. The molecule has 2 unspecified atom stereocenters. The molecule has 102 valence electrons. The summed E-state index contributed by atoms with van der Waals surface area (Å²) in [4.78, 5) is 4.69. The van der Waals surface area contributed by atoms with E-state index < -0.39 is 0 Å². The van der Waals surface area contributed by atoms with Crippen LogP contribution in [0, 0.1) is 0 Å².